The molecule has 0 radical (unpaired) electrons. The van der Waals surface area contributed by atoms with Crippen molar-refractivity contribution in [1.29, 1.82) is 0 Å². The summed E-state index contributed by atoms with van der Waals surface area (Å²) in [6, 6.07) is 6.00. The summed E-state index contributed by atoms with van der Waals surface area (Å²) in [5.41, 5.74) is 0.252. The fourth-order valence-corrected chi connectivity index (χ4v) is 2.05. The lowest BCUT2D eigenvalue weighted by molar-refractivity contribution is -0.149. The second kappa shape index (κ2) is 8.12. The zero-order valence-electron chi connectivity index (χ0n) is 12.7. The summed E-state index contributed by atoms with van der Waals surface area (Å²) in [5.74, 6) is -3.40. The number of carbonyl (C=O) groups is 2. The van der Waals surface area contributed by atoms with E-state index in [1.807, 2.05) is 20.8 Å². The minimum absolute atomic E-state index is 0.203. The Balaban J connectivity index is 2.40. The third-order valence-corrected chi connectivity index (χ3v) is 3.12. The fourth-order valence-electron chi connectivity index (χ4n) is 1.55. The van der Waals surface area contributed by atoms with Gasteiger partial charge in [-0.1, -0.05) is 32.5 Å². The van der Waals surface area contributed by atoms with Gasteiger partial charge in [-0.25, -0.2) is 0 Å². The number of hydrogen-bond acceptors (Lipinski definition) is 4. The highest BCUT2D eigenvalue weighted by Gasteiger charge is 2.18. The number of halogens is 2. The first-order valence-corrected chi connectivity index (χ1v) is 7.54. The van der Waals surface area contributed by atoms with Gasteiger partial charge >= 0.3 is 5.97 Å². The molecule has 1 aromatic rings. The van der Waals surface area contributed by atoms with Gasteiger partial charge < -0.3 is 10.1 Å². The molecule has 4 nitrogen and oxygen atoms in total. The molecule has 1 N–H and O–H groups in total. The summed E-state index contributed by atoms with van der Waals surface area (Å²) in [6.07, 6.45) is 0.222. The molecule has 0 atom stereocenters. The molecule has 0 bridgehead atoms. The first kappa shape index (κ1) is 18.4. The van der Waals surface area contributed by atoms with Crippen molar-refractivity contribution in [2.24, 2.45) is 5.41 Å². The minimum Gasteiger partial charge on any atom is -0.456 e. The van der Waals surface area contributed by atoms with E-state index >= 15 is 0 Å². The second-order valence-corrected chi connectivity index (χ2v) is 6.91. The van der Waals surface area contributed by atoms with Crippen molar-refractivity contribution in [2.75, 3.05) is 11.9 Å². The Morgan fingerprint density at radius 2 is 1.82 bits per heavy atom. The molecule has 1 rings (SSSR count). The Kier molecular flexibility index (Phi) is 6.80. The fraction of sp³-hybridized carbons (Fsp3) is 0.467. The number of nitrogens with one attached hydrogen (secondary N) is 1. The molecular weight excluding hydrogens is 312 g/mol. The van der Waals surface area contributed by atoms with E-state index in [2.05, 4.69) is 5.32 Å². The molecular formula is C15H19F2NO3S. The van der Waals surface area contributed by atoms with Gasteiger partial charge in [-0.2, -0.15) is 8.78 Å². The van der Waals surface area contributed by atoms with Crippen molar-refractivity contribution in [3.63, 3.8) is 0 Å². The molecule has 0 aliphatic heterocycles. The minimum atomic E-state index is -2.48. The van der Waals surface area contributed by atoms with Crippen LogP contribution in [0.15, 0.2) is 29.2 Å². The van der Waals surface area contributed by atoms with Crippen LogP contribution in [0.3, 0.4) is 0 Å². The van der Waals surface area contributed by atoms with Crippen LogP contribution in [-0.4, -0.2) is 24.2 Å². The van der Waals surface area contributed by atoms with Crippen LogP contribution in [0.2, 0.25) is 0 Å². The number of carbonyl (C=O) groups excluding carboxylic acids is 2. The van der Waals surface area contributed by atoms with Gasteiger partial charge in [-0.05, 0) is 29.7 Å². The van der Waals surface area contributed by atoms with Crippen molar-refractivity contribution in [3.8, 4) is 0 Å². The van der Waals surface area contributed by atoms with Crippen LogP contribution < -0.4 is 5.32 Å². The number of amides is 1. The van der Waals surface area contributed by atoms with Crippen molar-refractivity contribution >= 4 is 29.3 Å². The van der Waals surface area contributed by atoms with Gasteiger partial charge in [-0.15, -0.1) is 0 Å². The van der Waals surface area contributed by atoms with Crippen molar-refractivity contribution in [1.82, 2.24) is 0 Å². The molecule has 0 spiro atoms. The van der Waals surface area contributed by atoms with E-state index < -0.39 is 17.6 Å². The molecule has 0 aromatic heterocycles. The predicted octanol–water partition coefficient (Wildman–Crippen LogP) is 3.92. The van der Waals surface area contributed by atoms with Crippen LogP contribution in [0.4, 0.5) is 14.5 Å². The molecule has 0 saturated heterocycles. The average Bonchev–Trinajstić information content (AvgIpc) is 2.36. The average molecular weight is 331 g/mol. The number of thioether (sulfide) groups is 1. The highest BCUT2D eigenvalue weighted by Crippen LogP contribution is 2.26. The number of esters is 1. The largest absolute Gasteiger partial charge is 0.456 e. The van der Waals surface area contributed by atoms with E-state index in [4.69, 9.17) is 4.74 Å². The van der Waals surface area contributed by atoms with Crippen molar-refractivity contribution in [2.45, 2.75) is 37.8 Å². The van der Waals surface area contributed by atoms with Gasteiger partial charge in [0.05, 0.1) is 6.42 Å². The summed E-state index contributed by atoms with van der Waals surface area (Å²) in [7, 11) is 0. The molecule has 0 fully saturated rings. The molecule has 1 aromatic carbocycles. The molecule has 0 saturated carbocycles. The monoisotopic (exact) mass is 331 g/mol. The first-order valence-electron chi connectivity index (χ1n) is 6.66. The standard InChI is InChI=1S/C15H19F2NO3S/c1-15(2,3)8-13(20)21-9-12(19)18-10-4-6-11(7-5-10)22-14(16)17/h4-7,14H,8-9H2,1-3H3,(H,18,19). The van der Waals surface area contributed by atoms with E-state index in [0.717, 1.165) is 0 Å². The summed E-state index contributed by atoms with van der Waals surface area (Å²) >= 11 is 0.430. The number of alkyl halides is 2. The smallest absolute Gasteiger partial charge is 0.306 e. The van der Waals surface area contributed by atoms with Crippen molar-refractivity contribution in [3.05, 3.63) is 24.3 Å². The van der Waals surface area contributed by atoms with E-state index in [0.29, 0.717) is 22.3 Å². The molecule has 122 valence electrons. The third kappa shape index (κ3) is 7.97. The molecule has 0 unspecified atom stereocenters. The third-order valence-electron chi connectivity index (χ3n) is 2.40. The lowest BCUT2D eigenvalue weighted by Crippen LogP contribution is -2.23. The SMILES string of the molecule is CC(C)(C)CC(=O)OCC(=O)Nc1ccc(SC(F)F)cc1. The normalized spacial score (nSPS) is 11.4. The van der Waals surface area contributed by atoms with Gasteiger partial charge in [0, 0.05) is 10.6 Å². The topological polar surface area (TPSA) is 55.4 Å². The predicted molar refractivity (Wildman–Crippen MR) is 82.0 cm³/mol. The molecule has 0 aliphatic carbocycles. The number of hydrogen-bond donors (Lipinski definition) is 1. The maximum absolute atomic E-state index is 12.2. The quantitative estimate of drug-likeness (QED) is 0.634. The van der Waals surface area contributed by atoms with Gasteiger partial charge in [0.25, 0.3) is 11.7 Å². The molecule has 0 heterocycles. The Morgan fingerprint density at radius 1 is 1.23 bits per heavy atom. The number of benzene rings is 1. The number of anilines is 1. The van der Waals surface area contributed by atoms with Crippen LogP contribution in [0, 0.1) is 5.41 Å². The van der Waals surface area contributed by atoms with Gasteiger partial charge in [0.1, 0.15) is 0 Å². The molecule has 0 aliphatic rings. The van der Waals surface area contributed by atoms with Gasteiger partial charge in [-0.3, -0.25) is 9.59 Å². The summed E-state index contributed by atoms with van der Waals surface area (Å²) in [6.45, 7) is 5.32. The zero-order chi connectivity index (χ0) is 16.8. The number of rotatable bonds is 6. The Bertz CT molecular complexity index is 513. The lowest BCUT2D eigenvalue weighted by atomic mass is 9.93. The second-order valence-electron chi connectivity index (χ2n) is 5.85. The van der Waals surface area contributed by atoms with Crippen LogP contribution in [0.25, 0.3) is 0 Å². The van der Waals surface area contributed by atoms with Gasteiger partial charge in [0.15, 0.2) is 6.61 Å². The molecule has 7 heteroatoms. The van der Waals surface area contributed by atoms with Crippen LogP contribution in [0.1, 0.15) is 27.2 Å². The van der Waals surface area contributed by atoms with Crippen LogP contribution in [-0.2, 0) is 14.3 Å². The Hall–Kier alpha value is -1.63. The van der Waals surface area contributed by atoms with Crippen LogP contribution >= 0.6 is 11.8 Å². The zero-order valence-corrected chi connectivity index (χ0v) is 13.5. The van der Waals surface area contributed by atoms with Crippen LogP contribution in [0.5, 0.6) is 0 Å². The maximum Gasteiger partial charge on any atom is 0.306 e. The van der Waals surface area contributed by atoms with Crippen molar-refractivity contribution < 1.29 is 23.1 Å². The summed E-state index contributed by atoms with van der Waals surface area (Å²) in [5, 5.41) is 2.53. The lowest BCUT2D eigenvalue weighted by Gasteiger charge is -2.16. The molecule has 1 amide bonds. The summed E-state index contributed by atoms with van der Waals surface area (Å²) < 4.78 is 29.2. The maximum atomic E-state index is 12.2. The van der Waals surface area contributed by atoms with E-state index in [9.17, 15) is 18.4 Å². The summed E-state index contributed by atoms with van der Waals surface area (Å²) in [4.78, 5) is 23.5. The highest BCUT2D eigenvalue weighted by atomic mass is 32.2. The highest BCUT2D eigenvalue weighted by molar-refractivity contribution is 7.99. The van der Waals surface area contributed by atoms with Gasteiger partial charge in [0.2, 0.25) is 0 Å². The first-order chi connectivity index (χ1) is 10.2. The van der Waals surface area contributed by atoms with E-state index in [1.165, 1.54) is 24.3 Å². The van der Waals surface area contributed by atoms with E-state index in [1.54, 1.807) is 0 Å². The van der Waals surface area contributed by atoms with E-state index in [-0.39, 0.29) is 18.4 Å². The Morgan fingerprint density at radius 3 is 2.32 bits per heavy atom. The molecule has 22 heavy (non-hydrogen) atoms. The number of ether oxygens (including phenoxy) is 1. The Labute approximate surface area is 132 Å².